The van der Waals surface area contributed by atoms with E-state index >= 15 is 0 Å². The molecule has 0 saturated carbocycles. The second-order valence-corrected chi connectivity index (χ2v) is 8.67. The van der Waals surface area contributed by atoms with Crippen LogP contribution in [0, 0.1) is 0 Å². The molecule has 0 aliphatic heterocycles. The van der Waals surface area contributed by atoms with E-state index in [1.165, 1.54) is 19.2 Å². The highest BCUT2D eigenvalue weighted by Crippen LogP contribution is 2.25. The molecule has 6 nitrogen and oxygen atoms in total. The maximum absolute atomic E-state index is 12.5. The molecule has 21 heavy (non-hydrogen) atoms. The monoisotopic (exact) mass is 377 g/mol. The van der Waals surface area contributed by atoms with Gasteiger partial charge < -0.3 is 11.1 Å². The summed E-state index contributed by atoms with van der Waals surface area (Å²) in [5.74, 6) is -0.373. The maximum atomic E-state index is 12.5. The third-order valence-electron chi connectivity index (χ3n) is 2.54. The average molecular weight is 378 g/mol. The van der Waals surface area contributed by atoms with E-state index in [2.05, 4.69) is 21.2 Å². The fraction of sp³-hybridized carbons (Fsp3) is 0.462. The van der Waals surface area contributed by atoms with Crippen molar-refractivity contribution in [3.05, 3.63) is 22.7 Å². The van der Waals surface area contributed by atoms with E-state index in [0.29, 0.717) is 4.47 Å². The summed E-state index contributed by atoms with van der Waals surface area (Å²) in [6, 6.07) is 4.57. The summed E-state index contributed by atoms with van der Waals surface area (Å²) in [5, 5.41) is 2.71. The third kappa shape index (κ3) is 4.98. The Morgan fingerprint density at radius 3 is 2.48 bits per heavy atom. The van der Waals surface area contributed by atoms with Crippen LogP contribution in [0.2, 0.25) is 0 Å². The number of nitrogens with two attached hydrogens (primary N) is 1. The van der Waals surface area contributed by atoms with Crippen LogP contribution in [0.1, 0.15) is 20.8 Å². The quantitative estimate of drug-likeness (QED) is 0.778. The molecule has 0 aromatic heterocycles. The van der Waals surface area contributed by atoms with Gasteiger partial charge in [-0.05, 0) is 39.0 Å². The maximum Gasteiger partial charge on any atom is 0.245 e. The molecule has 3 N–H and O–H groups in total. The fourth-order valence-electron chi connectivity index (χ4n) is 1.64. The van der Waals surface area contributed by atoms with Crippen LogP contribution < -0.4 is 11.1 Å². The molecule has 0 atom stereocenters. The van der Waals surface area contributed by atoms with Crippen LogP contribution in [0.25, 0.3) is 0 Å². The first-order valence-corrected chi connectivity index (χ1v) is 8.49. The molecule has 1 rings (SSSR count). The lowest BCUT2D eigenvalue weighted by atomic mass is 10.1. The number of hydrogen-bond donors (Lipinski definition) is 2. The minimum absolute atomic E-state index is 0.0251. The Hall–Kier alpha value is -1.12. The number of nitrogens with one attached hydrogen (secondary N) is 1. The number of carbonyl (C=O) groups excluding carboxylic acids is 1. The number of benzene rings is 1. The van der Waals surface area contributed by atoms with E-state index < -0.39 is 15.6 Å². The van der Waals surface area contributed by atoms with Gasteiger partial charge in [-0.2, -0.15) is 4.31 Å². The lowest BCUT2D eigenvalue weighted by molar-refractivity contribution is -0.122. The van der Waals surface area contributed by atoms with Crippen molar-refractivity contribution in [3.63, 3.8) is 0 Å². The van der Waals surface area contributed by atoms with E-state index in [1.54, 1.807) is 6.07 Å². The van der Waals surface area contributed by atoms with Gasteiger partial charge in [0.2, 0.25) is 15.9 Å². The Bertz CT molecular complexity index is 639. The predicted molar refractivity (Wildman–Crippen MR) is 86.3 cm³/mol. The Balaban J connectivity index is 2.97. The SMILES string of the molecule is CN(CC(=O)NC(C)(C)C)S(=O)(=O)c1cc(Br)ccc1N. The van der Waals surface area contributed by atoms with E-state index in [0.717, 1.165) is 4.31 Å². The fourth-order valence-corrected chi connectivity index (χ4v) is 3.42. The molecule has 0 fully saturated rings. The van der Waals surface area contributed by atoms with Crippen LogP contribution in [0.15, 0.2) is 27.6 Å². The van der Waals surface area contributed by atoms with E-state index in [1.807, 2.05) is 20.8 Å². The van der Waals surface area contributed by atoms with Crippen LogP contribution >= 0.6 is 15.9 Å². The second-order valence-electron chi connectivity index (χ2n) is 5.74. The van der Waals surface area contributed by atoms with E-state index in [-0.39, 0.29) is 23.0 Å². The smallest absolute Gasteiger partial charge is 0.245 e. The van der Waals surface area contributed by atoms with Crippen LogP contribution in [-0.4, -0.2) is 37.8 Å². The van der Waals surface area contributed by atoms with Gasteiger partial charge in [-0.25, -0.2) is 8.42 Å². The number of halogens is 1. The number of rotatable bonds is 4. The number of sulfonamides is 1. The van der Waals surface area contributed by atoms with Crippen molar-refractivity contribution >= 4 is 37.5 Å². The summed E-state index contributed by atoms with van der Waals surface area (Å²) in [4.78, 5) is 11.8. The van der Waals surface area contributed by atoms with Crippen molar-refractivity contribution in [1.29, 1.82) is 0 Å². The van der Waals surface area contributed by atoms with Crippen molar-refractivity contribution in [3.8, 4) is 0 Å². The van der Waals surface area contributed by atoms with Gasteiger partial charge in [-0.15, -0.1) is 0 Å². The molecular formula is C13H20BrN3O3S. The number of anilines is 1. The molecule has 0 heterocycles. The van der Waals surface area contributed by atoms with Gasteiger partial charge in [0.15, 0.2) is 0 Å². The molecular weight excluding hydrogens is 358 g/mol. The molecule has 1 amide bonds. The number of amides is 1. The van der Waals surface area contributed by atoms with Crippen LogP contribution in [0.3, 0.4) is 0 Å². The Morgan fingerprint density at radius 2 is 1.95 bits per heavy atom. The zero-order valence-corrected chi connectivity index (χ0v) is 14.9. The highest BCUT2D eigenvalue weighted by atomic mass is 79.9. The number of carbonyl (C=O) groups is 1. The molecule has 0 radical (unpaired) electrons. The van der Waals surface area contributed by atoms with Gasteiger partial charge in [0.25, 0.3) is 0 Å². The van der Waals surface area contributed by atoms with E-state index in [4.69, 9.17) is 5.73 Å². The lowest BCUT2D eigenvalue weighted by Gasteiger charge is -2.23. The molecule has 1 aromatic rings. The van der Waals surface area contributed by atoms with E-state index in [9.17, 15) is 13.2 Å². The van der Waals surface area contributed by atoms with Crippen LogP contribution in [0.4, 0.5) is 5.69 Å². The standard InChI is InChI=1S/C13H20BrN3O3S/c1-13(2,3)16-12(18)8-17(4)21(19,20)11-7-9(14)5-6-10(11)15/h5-7H,8,15H2,1-4H3,(H,16,18). The molecule has 0 saturated heterocycles. The number of hydrogen-bond acceptors (Lipinski definition) is 4. The van der Waals surface area contributed by atoms with Crippen LogP contribution in [-0.2, 0) is 14.8 Å². The van der Waals surface area contributed by atoms with Gasteiger partial charge in [0.05, 0.1) is 12.2 Å². The highest BCUT2D eigenvalue weighted by molar-refractivity contribution is 9.10. The lowest BCUT2D eigenvalue weighted by Crippen LogP contribution is -2.46. The van der Waals surface area contributed by atoms with Crippen molar-refractivity contribution in [2.24, 2.45) is 0 Å². The normalized spacial score (nSPS) is 12.5. The Morgan fingerprint density at radius 1 is 1.38 bits per heavy atom. The summed E-state index contributed by atoms with van der Waals surface area (Å²) in [7, 11) is -2.48. The number of nitrogens with zero attached hydrogens (tertiary/aromatic N) is 1. The summed E-state index contributed by atoms with van der Waals surface area (Å²) in [6.45, 7) is 5.20. The third-order valence-corrected chi connectivity index (χ3v) is 4.90. The topological polar surface area (TPSA) is 92.5 Å². The molecule has 0 spiro atoms. The van der Waals surface area contributed by atoms with Crippen molar-refractivity contribution in [2.45, 2.75) is 31.2 Å². The van der Waals surface area contributed by atoms with Crippen molar-refractivity contribution in [2.75, 3.05) is 19.3 Å². The summed E-state index contributed by atoms with van der Waals surface area (Å²) < 4.78 is 26.5. The van der Waals surface area contributed by atoms with Crippen molar-refractivity contribution in [1.82, 2.24) is 9.62 Å². The molecule has 0 bridgehead atoms. The summed E-state index contributed by atoms with van der Waals surface area (Å²) in [6.07, 6.45) is 0. The molecule has 0 aliphatic rings. The van der Waals surface area contributed by atoms with Gasteiger partial charge in [0.1, 0.15) is 4.90 Å². The molecule has 8 heteroatoms. The first-order chi connectivity index (χ1) is 9.43. The molecule has 1 aromatic carbocycles. The minimum Gasteiger partial charge on any atom is -0.398 e. The summed E-state index contributed by atoms with van der Waals surface area (Å²) in [5.41, 5.74) is 5.44. The van der Waals surface area contributed by atoms with Gasteiger partial charge in [0, 0.05) is 17.1 Å². The first-order valence-electron chi connectivity index (χ1n) is 6.26. The minimum atomic E-state index is -3.83. The first kappa shape index (κ1) is 17.9. The Kier molecular flexibility index (Phi) is 5.40. The van der Waals surface area contributed by atoms with Gasteiger partial charge >= 0.3 is 0 Å². The largest absolute Gasteiger partial charge is 0.398 e. The predicted octanol–water partition coefficient (Wildman–Crippen LogP) is 1.57. The van der Waals surface area contributed by atoms with Gasteiger partial charge in [-0.3, -0.25) is 4.79 Å². The molecule has 0 aliphatic carbocycles. The number of likely N-dealkylation sites (N-methyl/N-ethyl adjacent to an activating group) is 1. The second kappa shape index (κ2) is 6.33. The molecule has 0 unspecified atom stereocenters. The van der Waals surface area contributed by atoms with Crippen molar-refractivity contribution < 1.29 is 13.2 Å². The molecule has 118 valence electrons. The number of nitrogen functional groups attached to an aromatic ring is 1. The van der Waals surface area contributed by atoms with Gasteiger partial charge in [-0.1, -0.05) is 15.9 Å². The zero-order valence-electron chi connectivity index (χ0n) is 12.5. The highest BCUT2D eigenvalue weighted by Gasteiger charge is 2.26. The summed E-state index contributed by atoms with van der Waals surface area (Å²) >= 11 is 3.21. The average Bonchev–Trinajstić information content (AvgIpc) is 2.29. The Labute approximate surface area is 133 Å². The van der Waals surface area contributed by atoms with Crippen LogP contribution in [0.5, 0.6) is 0 Å². The zero-order chi connectivity index (χ0) is 16.4.